The zero-order chi connectivity index (χ0) is 13.5. The van der Waals surface area contributed by atoms with E-state index in [9.17, 15) is 0 Å². The Kier molecular flexibility index (Phi) is 6.82. The van der Waals surface area contributed by atoms with Crippen LogP contribution in [0.1, 0.15) is 37.8 Å². The summed E-state index contributed by atoms with van der Waals surface area (Å²) in [7, 11) is 2.15. The predicted molar refractivity (Wildman–Crippen MR) is 80.1 cm³/mol. The first-order valence-corrected chi connectivity index (χ1v) is 8.06. The molecule has 0 aliphatic rings. The number of nitrogens with zero attached hydrogens (tertiary/aromatic N) is 1. The van der Waals surface area contributed by atoms with Gasteiger partial charge in [-0.25, -0.2) is 0 Å². The fourth-order valence-electron chi connectivity index (χ4n) is 2.22. The van der Waals surface area contributed by atoms with E-state index in [1.54, 1.807) is 0 Å². The molecule has 4 heteroatoms. The summed E-state index contributed by atoms with van der Waals surface area (Å²) in [5, 5.41) is 0. The highest BCUT2D eigenvalue weighted by atomic mass is 32.2. The molecule has 1 aromatic rings. The number of likely N-dealkylation sites (N-methyl/N-ethyl adjacent to an activating group) is 1. The molecule has 0 bridgehead atoms. The Hall–Kier alpha value is -0.450. The van der Waals surface area contributed by atoms with Crippen molar-refractivity contribution in [3.8, 4) is 0 Å². The number of hydrogen-bond acceptors (Lipinski definition) is 4. The Labute approximate surface area is 115 Å². The standard InChI is InChI=1S/C14H26N2OS/c1-5-11(10-18-4)16(3)13(9-15)14-8-7-12(6-2)17-14/h7-8,11,13H,5-6,9-10,15H2,1-4H3. The summed E-state index contributed by atoms with van der Waals surface area (Å²) in [5.74, 6) is 3.16. The molecule has 0 saturated heterocycles. The van der Waals surface area contributed by atoms with Gasteiger partial charge in [-0.15, -0.1) is 0 Å². The van der Waals surface area contributed by atoms with E-state index in [2.05, 4.69) is 44.2 Å². The summed E-state index contributed by atoms with van der Waals surface area (Å²) in [5.41, 5.74) is 5.94. The highest BCUT2D eigenvalue weighted by molar-refractivity contribution is 7.98. The molecular formula is C14H26N2OS. The highest BCUT2D eigenvalue weighted by Gasteiger charge is 2.24. The number of rotatable bonds is 8. The average Bonchev–Trinajstić information content (AvgIpc) is 2.85. The Balaban J connectivity index is 2.80. The Morgan fingerprint density at radius 2 is 2.11 bits per heavy atom. The van der Waals surface area contributed by atoms with E-state index in [1.807, 2.05) is 11.8 Å². The lowest BCUT2D eigenvalue weighted by Gasteiger charge is -2.32. The minimum atomic E-state index is 0.183. The van der Waals surface area contributed by atoms with Gasteiger partial charge in [-0.1, -0.05) is 13.8 Å². The lowest BCUT2D eigenvalue weighted by atomic mass is 10.1. The van der Waals surface area contributed by atoms with E-state index < -0.39 is 0 Å². The van der Waals surface area contributed by atoms with Crippen LogP contribution in [0.15, 0.2) is 16.5 Å². The maximum absolute atomic E-state index is 5.94. The van der Waals surface area contributed by atoms with Gasteiger partial charge in [-0.3, -0.25) is 4.90 Å². The SMILES string of the molecule is CCc1ccc(C(CN)N(C)C(CC)CSC)o1. The van der Waals surface area contributed by atoms with Crippen LogP contribution in [-0.2, 0) is 6.42 Å². The molecule has 0 aliphatic carbocycles. The van der Waals surface area contributed by atoms with Crippen LogP contribution in [0.5, 0.6) is 0 Å². The van der Waals surface area contributed by atoms with Crippen molar-refractivity contribution in [3.05, 3.63) is 23.7 Å². The number of furan rings is 1. The van der Waals surface area contributed by atoms with Crippen molar-refractivity contribution in [1.82, 2.24) is 4.90 Å². The molecule has 18 heavy (non-hydrogen) atoms. The Bertz CT molecular complexity index is 340. The minimum Gasteiger partial charge on any atom is -0.464 e. The lowest BCUT2D eigenvalue weighted by Crippen LogP contribution is -2.39. The van der Waals surface area contributed by atoms with Crippen molar-refractivity contribution in [3.63, 3.8) is 0 Å². The molecule has 0 fully saturated rings. The summed E-state index contributed by atoms with van der Waals surface area (Å²) in [6.07, 6.45) is 4.22. The summed E-state index contributed by atoms with van der Waals surface area (Å²) in [4.78, 5) is 2.36. The second kappa shape index (κ2) is 7.87. The largest absolute Gasteiger partial charge is 0.464 e. The monoisotopic (exact) mass is 270 g/mol. The molecule has 2 N–H and O–H groups in total. The smallest absolute Gasteiger partial charge is 0.122 e. The lowest BCUT2D eigenvalue weighted by molar-refractivity contribution is 0.166. The summed E-state index contributed by atoms with van der Waals surface area (Å²) < 4.78 is 5.85. The normalized spacial score (nSPS) is 15.0. The molecule has 1 heterocycles. The van der Waals surface area contributed by atoms with Crippen molar-refractivity contribution in [1.29, 1.82) is 0 Å². The van der Waals surface area contributed by atoms with Crippen molar-refractivity contribution in [2.45, 2.75) is 38.8 Å². The van der Waals surface area contributed by atoms with E-state index in [-0.39, 0.29) is 6.04 Å². The molecular weight excluding hydrogens is 244 g/mol. The summed E-state index contributed by atoms with van der Waals surface area (Å²) in [6.45, 7) is 4.93. The van der Waals surface area contributed by atoms with Crippen LogP contribution in [0.3, 0.4) is 0 Å². The zero-order valence-electron chi connectivity index (χ0n) is 12.0. The first kappa shape index (κ1) is 15.6. The number of aryl methyl sites for hydroxylation is 1. The van der Waals surface area contributed by atoms with Crippen molar-refractivity contribution < 1.29 is 4.42 Å². The average molecular weight is 270 g/mol. The third-order valence-electron chi connectivity index (χ3n) is 3.48. The maximum atomic E-state index is 5.94. The van der Waals surface area contributed by atoms with Gasteiger partial charge in [-0.2, -0.15) is 11.8 Å². The quantitative estimate of drug-likeness (QED) is 0.788. The molecule has 0 amide bonds. The topological polar surface area (TPSA) is 42.4 Å². The van der Waals surface area contributed by atoms with Crippen molar-refractivity contribution >= 4 is 11.8 Å². The first-order chi connectivity index (χ1) is 8.67. The van der Waals surface area contributed by atoms with E-state index >= 15 is 0 Å². The third-order valence-corrected chi connectivity index (χ3v) is 4.20. The third kappa shape index (κ3) is 3.77. The van der Waals surface area contributed by atoms with Gasteiger partial charge in [0.25, 0.3) is 0 Å². The number of hydrogen-bond donors (Lipinski definition) is 1. The fraction of sp³-hybridized carbons (Fsp3) is 0.714. The van der Waals surface area contributed by atoms with Gasteiger partial charge in [0.15, 0.2) is 0 Å². The molecule has 104 valence electrons. The molecule has 0 saturated carbocycles. The first-order valence-electron chi connectivity index (χ1n) is 6.67. The zero-order valence-corrected chi connectivity index (χ0v) is 12.8. The van der Waals surface area contributed by atoms with Crippen LogP contribution in [0.2, 0.25) is 0 Å². The van der Waals surface area contributed by atoms with Crippen molar-refractivity contribution in [2.24, 2.45) is 5.73 Å². The molecule has 2 atom stereocenters. The summed E-state index contributed by atoms with van der Waals surface area (Å²) in [6, 6.07) is 4.85. The molecule has 1 aromatic heterocycles. The molecule has 3 nitrogen and oxygen atoms in total. The minimum absolute atomic E-state index is 0.183. The summed E-state index contributed by atoms with van der Waals surface area (Å²) >= 11 is 1.88. The Morgan fingerprint density at radius 3 is 2.56 bits per heavy atom. The number of thioether (sulfide) groups is 1. The van der Waals surface area contributed by atoms with Crippen molar-refractivity contribution in [2.75, 3.05) is 25.6 Å². The molecule has 0 aliphatic heterocycles. The van der Waals surface area contributed by atoms with Gasteiger partial charge in [0.05, 0.1) is 6.04 Å². The van der Waals surface area contributed by atoms with E-state index in [0.717, 1.165) is 30.1 Å². The fourth-order valence-corrected chi connectivity index (χ4v) is 3.07. The van der Waals surface area contributed by atoms with E-state index in [4.69, 9.17) is 10.2 Å². The van der Waals surface area contributed by atoms with E-state index in [1.165, 1.54) is 0 Å². The van der Waals surface area contributed by atoms with Gasteiger partial charge >= 0.3 is 0 Å². The predicted octanol–water partition coefficient (Wildman–Crippen LogP) is 2.92. The second-order valence-corrected chi connectivity index (χ2v) is 5.50. The molecule has 0 spiro atoms. The van der Waals surface area contributed by atoms with Crippen LogP contribution < -0.4 is 5.73 Å². The van der Waals surface area contributed by atoms with Gasteiger partial charge < -0.3 is 10.2 Å². The maximum Gasteiger partial charge on any atom is 0.122 e. The molecule has 0 aromatic carbocycles. The van der Waals surface area contributed by atoms with Crippen LogP contribution in [0.4, 0.5) is 0 Å². The number of nitrogens with two attached hydrogens (primary N) is 1. The van der Waals surface area contributed by atoms with Crippen LogP contribution >= 0.6 is 11.8 Å². The van der Waals surface area contributed by atoms with Gasteiger partial charge in [0.2, 0.25) is 0 Å². The van der Waals surface area contributed by atoms with Crippen LogP contribution in [0, 0.1) is 0 Å². The van der Waals surface area contributed by atoms with Crippen LogP contribution in [0.25, 0.3) is 0 Å². The highest BCUT2D eigenvalue weighted by Crippen LogP contribution is 2.25. The van der Waals surface area contributed by atoms with Gasteiger partial charge in [-0.05, 0) is 31.9 Å². The van der Waals surface area contributed by atoms with Gasteiger partial charge in [0.1, 0.15) is 11.5 Å². The molecule has 1 rings (SSSR count). The molecule has 0 radical (unpaired) electrons. The van der Waals surface area contributed by atoms with E-state index in [0.29, 0.717) is 12.6 Å². The Morgan fingerprint density at radius 1 is 1.39 bits per heavy atom. The second-order valence-electron chi connectivity index (χ2n) is 4.59. The van der Waals surface area contributed by atoms with Crippen LogP contribution in [-0.4, -0.2) is 36.5 Å². The molecule has 2 unspecified atom stereocenters. The van der Waals surface area contributed by atoms with Gasteiger partial charge in [0, 0.05) is 24.8 Å².